The first-order valence-electron chi connectivity index (χ1n) is 8.57. The van der Waals surface area contributed by atoms with E-state index in [0.29, 0.717) is 32.8 Å². The molecule has 0 aliphatic heterocycles. The molecule has 0 saturated heterocycles. The first-order valence-corrected chi connectivity index (χ1v) is 8.57. The number of carboxylic acids is 1. The van der Waals surface area contributed by atoms with E-state index in [1.807, 2.05) is 0 Å². The number of carbonyl (C=O) groups is 1. The van der Waals surface area contributed by atoms with Crippen molar-refractivity contribution in [2.45, 2.75) is 45.6 Å². The molecule has 1 unspecified atom stereocenters. The zero-order chi connectivity index (χ0) is 17.6. The molecule has 0 fully saturated rings. The van der Waals surface area contributed by atoms with E-state index in [1.165, 1.54) is 12.8 Å². The fraction of sp³-hybridized carbons (Fsp3) is 0.824. The Kier molecular flexibility index (Phi) is 12.9. The van der Waals surface area contributed by atoms with Crippen molar-refractivity contribution in [3.8, 4) is 0 Å². The molecule has 0 saturated carbocycles. The molecule has 6 heteroatoms. The Morgan fingerprint density at radius 2 is 1.70 bits per heavy atom. The molecule has 0 amide bonds. The van der Waals surface area contributed by atoms with Crippen LogP contribution < -0.4 is 0 Å². The zero-order valence-electron chi connectivity index (χ0n) is 14.6. The molecule has 0 bridgehead atoms. The molecule has 136 valence electrons. The van der Waals surface area contributed by atoms with E-state index in [9.17, 15) is 20.1 Å². The number of quaternary nitrogens is 1. The van der Waals surface area contributed by atoms with Crippen LogP contribution in [-0.4, -0.2) is 77.9 Å². The summed E-state index contributed by atoms with van der Waals surface area (Å²) in [6.45, 7) is 5.64. The minimum atomic E-state index is -0.925. The van der Waals surface area contributed by atoms with Crippen molar-refractivity contribution in [2.24, 2.45) is 0 Å². The minimum Gasteiger partial charge on any atom is -0.477 e. The maximum absolute atomic E-state index is 11.3. The van der Waals surface area contributed by atoms with Crippen molar-refractivity contribution >= 4 is 5.97 Å². The number of allylic oxidation sites excluding steroid dienone is 1. The second-order valence-corrected chi connectivity index (χ2v) is 5.87. The highest BCUT2D eigenvalue weighted by Crippen LogP contribution is 2.14. The standard InChI is InChI=1S/C17H33NO5/c1-3-4-5-6-7-8-14-23-15-11-18(9-12-19,10-13-20)16(2)17(21)22/h6-7,16,19-20H,3-5,8-15H2,1-2H3/p+1/b7-6+. The molecular formula is C17H34NO5+. The third-order valence-electron chi connectivity index (χ3n) is 4.27. The van der Waals surface area contributed by atoms with E-state index in [1.54, 1.807) is 6.92 Å². The lowest BCUT2D eigenvalue weighted by atomic mass is 10.2. The number of aliphatic carboxylic acids is 1. The van der Waals surface area contributed by atoms with Gasteiger partial charge in [-0.15, -0.1) is 0 Å². The van der Waals surface area contributed by atoms with E-state index < -0.39 is 12.0 Å². The lowest BCUT2D eigenvalue weighted by Gasteiger charge is -2.40. The van der Waals surface area contributed by atoms with Gasteiger partial charge in [0.2, 0.25) is 0 Å². The second kappa shape index (κ2) is 13.5. The number of aliphatic hydroxyl groups is 2. The van der Waals surface area contributed by atoms with Crippen LogP contribution in [-0.2, 0) is 9.53 Å². The molecule has 6 nitrogen and oxygen atoms in total. The van der Waals surface area contributed by atoms with Gasteiger partial charge in [0.25, 0.3) is 0 Å². The van der Waals surface area contributed by atoms with Crippen LogP contribution in [0.15, 0.2) is 12.2 Å². The van der Waals surface area contributed by atoms with E-state index in [4.69, 9.17) is 4.74 Å². The van der Waals surface area contributed by atoms with E-state index in [2.05, 4.69) is 19.1 Å². The SMILES string of the molecule is CCCC/C=C/CCOCC[N+](CCO)(CCO)C(C)C(=O)O. The Morgan fingerprint density at radius 1 is 1.09 bits per heavy atom. The molecule has 23 heavy (non-hydrogen) atoms. The van der Waals surface area contributed by atoms with Gasteiger partial charge in [-0.1, -0.05) is 31.9 Å². The number of nitrogens with zero attached hydrogens (tertiary/aromatic N) is 1. The molecule has 1 atom stereocenters. The summed E-state index contributed by atoms with van der Waals surface area (Å²) in [7, 11) is 0. The molecule has 0 aromatic rings. The third-order valence-corrected chi connectivity index (χ3v) is 4.27. The van der Waals surface area contributed by atoms with Crippen LogP contribution in [0.25, 0.3) is 0 Å². The smallest absolute Gasteiger partial charge is 0.362 e. The van der Waals surface area contributed by atoms with Crippen molar-refractivity contribution in [1.82, 2.24) is 0 Å². The van der Waals surface area contributed by atoms with Gasteiger partial charge in [-0.3, -0.25) is 0 Å². The fourth-order valence-corrected chi connectivity index (χ4v) is 2.61. The summed E-state index contributed by atoms with van der Waals surface area (Å²) < 4.78 is 5.73. The number of hydrogen-bond acceptors (Lipinski definition) is 4. The van der Waals surface area contributed by atoms with Gasteiger partial charge in [-0.05, 0) is 19.8 Å². The summed E-state index contributed by atoms with van der Waals surface area (Å²) in [5, 5.41) is 27.8. The molecular weight excluding hydrogens is 298 g/mol. The summed E-state index contributed by atoms with van der Waals surface area (Å²) in [6, 6.07) is -0.688. The Balaban J connectivity index is 4.28. The van der Waals surface area contributed by atoms with Crippen LogP contribution in [0, 0.1) is 0 Å². The molecule has 0 aromatic carbocycles. The number of carboxylic acid groups (broad SMARTS) is 1. The van der Waals surface area contributed by atoms with E-state index in [-0.39, 0.29) is 17.7 Å². The summed E-state index contributed by atoms with van der Waals surface area (Å²) in [5.41, 5.74) is 0. The molecule has 3 N–H and O–H groups in total. The van der Waals surface area contributed by atoms with Gasteiger partial charge in [-0.2, -0.15) is 0 Å². The lowest BCUT2D eigenvalue weighted by Crippen LogP contribution is -2.61. The van der Waals surface area contributed by atoms with Crippen molar-refractivity contribution in [3.05, 3.63) is 12.2 Å². The van der Waals surface area contributed by atoms with Gasteiger partial charge in [0, 0.05) is 0 Å². The summed E-state index contributed by atoms with van der Waals surface area (Å²) in [5.74, 6) is -0.925. The highest BCUT2D eigenvalue weighted by atomic mass is 16.5. The number of hydrogen-bond donors (Lipinski definition) is 3. The maximum atomic E-state index is 11.3. The number of rotatable bonds is 15. The second-order valence-electron chi connectivity index (χ2n) is 5.87. The normalized spacial score (nSPS) is 13.6. The van der Waals surface area contributed by atoms with Crippen LogP contribution in [0.4, 0.5) is 0 Å². The molecule has 0 aromatic heterocycles. The zero-order valence-corrected chi connectivity index (χ0v) is 14.6. The maximum Gasteiger partial charge on any atom is 0.362 e. The quantitative estimate of drug-likeness (QED) is 0.240. The first kappa shape index (κ1) is 22.1. The molecule has 0 rings (SSSR count). The van der Waals surface area contributed by atoms with Crippen LogP contribution in [0.2, 0.25) is 0 Å². The first-order chi connectivity index (χ1) is 11.0. The lowest BCUT2D eigenvalue weighted by molar-refractivity contribution is -0.942. The third kappa shape index (κ3) is 9.05. The Bertz CT molecular complexity index is 327. The largest absolute Gasteiger partial charge is 0.477 e. The van der Waals surface area contributed by atoms with Gasteiger partial charge < -0.3 is 24.5 Å². The van der Waals surface area contributed by atoms with Crippen LogP contribution in [0.3, 0.4) is 0 Å². The van der Waals surface area contributed by atoms with Gasteiger partial charge >= 0.3 is 5.97 Å². The molecule has 0 aliphatic rings. The number of ether oxygens (including phenoxy) is 1. The van der Waals surface area contributed by atoms with Crippen molar-refractivity contribution < 1.29 is 29.3 Å². The van der Waals surface area contributed by atoms with Gasteiger partial charge in [-0.25, -0.2) is 4.79 Å². The summed E-state index contributed by atoms with van der Waals surface area (Å²) in [6.07, 6.45) is 8.61. The molecule has 0 spiro atoms. The number of aliphatic hydroxyl groups excluding tert-OH is 2. The van der Waals surface area contributed by atoms with Gasteiger partial charge in [0.1, 0.15) is 19.6 Å². The molecule has 0 aliphatic carbocycles. The Morgan fingerprint density at radius 3 is 2.22 bits per heavy atom. The average Bonchev–Trinajstić information content (AvgIpc) is 2.52. The monoisotopic (exact) mass is 332 g/mol. The number of unbranched alkanes of at least 4 members (excludes halogenated alkanes) is 2. The Hall–Kier alpha value is -0.950. The topological polar surface area (TPSA) is 87.0 Å². The van der Waals surface area contributed by atoms with Crippen molar-refractivity contribution in [2.75, 3.05) is 46.1 Å². The average molecular weight is 332 g/mol. The van der Waals surface area contributed by atoms with E-state index >= 15 is 0 Å². The predicted molar refractivity (Wildman–Crippen MR) is 90.2 cm³/mol. The summed E-state index contributed by atoms with van der Waals surface area (Å²) >= 11 is 0. The summed E-state index contributed by atoms with van der Waals surface area (Å²) in [4.78, 5) is 11.3. The van der Waals surface area contributed by atoms with Gasteiger partial charge in [0.05, 0.1) is 26.4 Å². The van der Waals surface area contributed by atoms with Crippen LogP contribution in [0.5, 0.6) is 0 Å². The van der Waals surface area contributed by atoms with Crippen LogP contribution in [0.1, 0.15) is 39.5 Å². The van der Waals surface area contributed by atoms with Crippen molar-refractivity contribution in [1.29, 1.82) is 0 Å². The fourth-order valence-electron chi connectivity index (χ4n) is 2.61. The highest BCUT2D eigenvalue weighted by Gasteiger charge is 2.37. The Labute approximate surface area is 140 Å². The highest BCUT2D eigenvalue weighted by molar-refractivity contribution is 5.71. The predicted octanol–water partition coefficient (Wildman–Crippen LogP) is 1.41. The van der Waals surface area contributed by atoms with Crippen LogP contribution >= 0.6 is 0 Å². The van der Waals surface area contributed by atoms with Crippen molar-refractivity contribution in [3.63, 3.8) is 0 Å². The molecule has 0 radical (unpaired) electrons. The van der Waals surface area contributed by atoms with E-state index in [0.717, 1.165) is 12.8 Å². The molecule has 0 heterocycles. The van der Waals surface area contributed by atoms with Gasteiger partial charge in [0.15, 0.2) is 6.04 Å². The minimum absolute atomic E-state index is 0.113.